The molecule has 1 N–H and O–H groups in total. The Hall–Kier alpha value is -0.0900. The lowest BCUT2D eigenvalue weighted by molar-refractivity contribution is -0.129. The summed E-state index contributed by atoms with van der Waals surface area (Å²) in [6, 6.07) is 0. The molecule has 0 radical (unpaired) electrons. The van der Waals surface area contributed by atoms with Gasteiger partial charge in [-0.05, 0) is 12.8 Å². The van der Waals surface area contributed by atoms with Crippen molar-refractivity contribution in [1.82, 2.24) is 4.90 Å². The van der Waals surface area contributed by atoms with E-state index in [1.807, 2.05) is 6.92 Å². The molecule has 12 heavy (non-hydrogen) atoms. The van der Waals surface area contributed by atoms with E-state index in [0.717, 1.165) is 12.8 Å². The summed E-state index contributed by atoms with van der Waals surface area (Å²) in [5, 5.41) is 9.19. The maximum absolute atomic E-state index is 11.5. The average Bonchev–Trinajstić information content (AvgIpc) is 2.49. The van der Waals surface area contributed by atoms with Gasteiger partial charge in [0, 0.05) is 13.1 Å². The van der Waals surface area contributed by atoms with Gasteiger partial charge < -0.3 is 10.0 Å². The SMILES string of the molecule is CCC(Br)C(=O)N1CC[C@@H](O)C1. The van der Waals surface area contributed by atoms with E-state index in [2.05, 4.69) is 15.9 Å². The van der Waals surface area contributed by atoms with Crippen molar-refractivity contribution in [2.24, 2.45) is 0 Å². The van der Waals surface area contributed by atoms with Gasteiger partial charge in [-0.1, -0.05) is 22.9 Å². The molecule has 1 rings (SSSR count). The number of carbonyl (C=O) groups excluding carboxylic acids is 1. The molecule has 0 aromatic heterocycles. The number of β-amino-alcohol motifs (C(OH)–C–C–N with tert-alkyl or cyclic N) is 1. The third-order valence-corrected chi connectivity index (χ3v) is 3.14. The molecule has 70 valence electrons. The van der Waals surface area contributed by atoms with Gasteiger partial charge in [0.25, 0.3) is 0 Å². The second kappa shape index (κ2) is 4.23. The number of amides is 1. The Morgan fingerprint density at radius 2 is 2.50 bits per heavy atom. The Balaban J connectivity index is 2.43. The van der Waals surface area contributed by atoms with Gasteiger partial charge in [-0.3, -0.25) is 4.79 Å². The van der Waals surface area contributed by atoms with E-state index < -0.39 is 0 Å². The van der Waals surface area contributed by atoms with Crippen LogP contribution in [-0.2, 0) is 4.79 Å². The zero-order valence-corrected chi connectivity index (χ0v) is 8.75. The van der Waals surface area contributed by atoms with Crippen LogP contribution in [0.1, 0.15) is 19.8 Å². The van der Waals surface area contributed by atoms with Gasteiger partial charge >= 0.3 is 0 Å². The minimum Gasteiger partial charge on any atom is -0.391 e. The lowest BCUT2D eigenvalue weighted by atomic mass is 10.3. The molecule has 1 saturated heterocycles. The quantitative estimate of drug-likeness (QED) is 0.719. The molecule has 1 heterocycles. The lowest BCUT2D eigenvalue weighted by Gasteiger charge is -2.18. The second-order valence-electron chi connectivity index (χ2n) is 3.10. The summed E-state index contributed by atoms with van der Waals surface area (Å²) in [4.78, 5) is 13.1. The molecule has 0 aromatic carbocycles. The number of likely N-dealkylation sites (tertiary alicyclic amines) is 1. The predicted molar refractivity (Wildman–Crippen MR) is 50.2 cm³/mol. The molecule has 1 amide bonds. The molecule has 2 atom stereocenters. The number of aliphatic hydroxyl groups excluding tert-OH is 1. The molecule has 0 spiro atoms. The number of alkyl halides is 1. The zero-order chi connectivity index (χ0) is 9.14. The summed E-state index contributed by atoms with van der Waals surface area (Å²) >= 11 is 3.30. The maximum atomic E-state index is 11.5. The molecule has 4 heteroatoms. The first-order valence-electron chi connectivity index (χ1n) is 4.26. The van der Waals surface area contributed by atoms with Crippen LogP contribution >= 0.6 is 15.9 Å². The molecule has 1 aliphatic rings. The van der Waals surface area contributed by atoms with Crippen molar-refractivity contribution >= 4 is 21.8 Å². The summed E-state index contributed by atoms with van der Waals surface area (Å²) in [7, 11) is 0. The van der Waals surface area contributed by atoms with E-state index in [1.54, 1.807) is 4.90 Å². The normalized spacial score (nSPS) is 25.9. The van der Waals surface area contributed by atoms with Crippen LogP contribution in [0.25, 0.3) is 0 Å². The Labute approximate surface area is 80.9 Å². The third-order valence-electron chi connectivity index (χ3n) is 2.10. The van der Waals surface area contributed by atoms with Crippen molar-refractivity contribution in [3.63, 3.8) is 0 Å². The molecular formula is C8H14BrNO2. The zero-order valence-electron chi connectivity index (χ0n) is 7.16. The minimum atomic E-state index is -0.314. The Kier molecular flexibility index (Phi) is 3.53. The van der Waals surface area contributed by atoms with Gasteiger partial charge in [0.15, 0.2) is 0 Å². The lowest BCUT2D eigenvalue weighted by Crippen LogP contribution is -2.35. The fourth-order valence-electron chi connectivity index (χ4n) is 1.31. The molecule has 0 aromatic rings. The highest BCUT2D eigenvalue weighted by Crippen LogP contribution is 2.15. The molecule has 0 saturated carbocycles. The average molecular weight is 236 g/mol. The third kappa shape index (κ3) is 2.20. The van der Waals surface area contributed by atoms with E-state index >= 15 is 0 Å². The molecular weight excluding hydrogens is 222 g/mol. The fraction of sp³-hybridized carbons (Fsp3) is 0.875. The van der Waals surface area contributed by atoms with Gasteiger partial charge in [0.05, 0.1) is 10.9 Å². The highest BCUT2D eigenvalue weighted by Gasteiger charge is 2.27. The van der Waals surface area contributed by atoms with Gasteiger partial charge in [0.1, 0.15) is 0 Å². The van der Waals surface area contributed by atoms with Crippen LogP contribution < -0.4 is 0 Å². The largest absolute Gasteiger partial charge is 0.391 e. The Morgan fingerprint density at radius 1 is 1.83 bits per heavy atom. The van der Waals surface area contributed by atoms with Crippen LogP contribution in [0.4, 0.5) is 0 Å². The first-order chi connectivity index (χ1) is 5.65. The van der Waals surface area contributed by atoms with Gasteiger partial charge in [-0.2, -0.15) is 0 Å². The molecule has 3 nitrogen and oxygen atoms in total. The van der Waals surface area contributed by atoms with Crippen molar-refractivity contribution in [1.29, 1.82) is 0 Å². The van der Waals surface area contributed by atoms with Crippen LogP contribution in [-0.4, -0.2) is 39.9 Å². The molecule has 1 fully saturated rings. The van der Waals surface area contributed by atoms with E-state index in [4.69, 9.17) is 0 Å². The van der Waals surface area contributed by atoms with E-state index in [-0.39, 0.29) is 16.8 Å². The first kappa shape index (κ1) is 9.99. The summed E-state index contributed by atoms with van der Waals surface area (Å²) in [5.41, 5.74) is 0. The number of hydrogen-bond acceptors (Lipinski definition) is 2. The van der Waals surface area contributed by atoms with E-state index in [9.17, 15) is 9.90 Å². The fourth-order valence-corrected chi connectivity index (χ4v) is 1.60. The number of halogens is 1. The Morgan fingerprint density at radius 3 is 2.92 bits per heavy atom. The number of aliphatic hydroxyl groups is 1. The molecule has 0 aliphatic carbocycles. The summed E-state index contributed by atoms with van der Waals surface area (Å²) in [6.07, 6.45) is 1.20. The number of carbonyl (C=O) groups is 1. The van der Waals surface area contributed by atoms with Crippen molar-refractivity contribution in [3.8, 4) is 0 Å². The predicted octanol–water partition coefficient (Wildman–Crippen LogP) is 0.753. The van der Waals surface area contributed by atoms with Crippen LogP contribution in [0.15, 0.2) is 0 Å². The summed E-state index contributed by atoms with van der Waals surface area (Å²) in [6.45, 7) is 3.16. The minimum absolute atomic E-state index is 0.0807. The van der Waals surface area contributed by atoms with Crippen LogP contribution in [0.2, 0.25) is 0 Å². The standard InChI is InChI=1S/C8H14BrNO2/c1-2-7(9)8(12)10-4-3-6(11)5-10/h6-7,11H,2-5H2,1H3/t6-,7?/m1/s1. The summed E-state index contributed by atoms with van der Waals surface area (Å²) < 4.78 is 0. The highest BCUT2D eigenvalue weighted by molar-refractivity contribution is 9.10. The van der Waals surface area contributed by atoms with Crippen LogP contribution in [0.5, 0.6) is 0 Å². The topological polar surface area (TPSA) is 40.5 Å². The molecule has 1 unspecified atom stereocenters. The van der Waals surface area contributed by atoms with Crippen molar-refractivity contribution in [2.75, 3.05) is 13.1 Å². The van der Waals surface area contributed by atoms with Crippen molar-refractivity contribution in [2.45, 2.75) is 30.7 Å². The van der Waals surface area contributed by atoms with E-state index in [0.29, 0.717) is 13.1 Å². The van der Waals surface area contributed by atoms with Gasteiger partial charge in [-0.15, -0.1) is 0 Å². The van der Waals surface area contributed by atoms with Gasteiger partial charge in [0.2, 0.25) is 5.91 Å². The monoisotopic (exact) mass is 235 g/mol. The highest BCUT2D eigenvalue weighted by atomic mass is 79.9. The number of nitrogens with zero attached hydrogens (tertiary/aromatic N) is 1. The smallest absolute Gasteiger partial charge is 0.236 e. The maximum Gasteiger partial charge on any atom is 0.236 e. The van der Waals surface area contributed by atoms with Crippen LogP contribution in [0.3, 0.4) is 0 Å². The van der Waals surface area contributed by atoms with Gasteiger partial charge in [-0.25, -0.2) is 0 Å². The molecule has 0 bridgehead atoms. The van der Waals surface area contributed by atoms with Crippen molar-refractivity contribution < 1.29 is 9.90 Å². The van der Waals surface area contributed by atoms with Crippen molar-refractivity contribution in [3.05, 3.63) is 0 Å². The van der Waals surface area contributed by atoms with E-state index in [1.165, 1.54) is 0 Å². The number of hydrogen-bond donors (Lipinski definition) is 1. The number of rotatable bonds is 2. The Bertz CT molecular complexity index is 174. The summed E-state index contributed by atoms with van der Waals surface area (Å²) in [5.74, 6) is 0.106. The second-order valence-corrected chi connectivity index (χ2v) is 4.21. The van der Waals surface area contributed by atoms with Crippen LogP contribution in [0, 0.1) is 0 Å². The molecule has 1 aliphatic heterocycles. The first-order valence-corrected chi connectivity index (χ1v) is 5.17.